The van der Waals surface area contributed by atoms with Gasteiger partial charge in [0.05, 0.1) is 12.2 Å². The Hall–Kier alpha value is -1.60. The van der Waals surface area contributed by atoms with E-state index in [4.69, 9.17) is 4.74 Å². The number of nitrogens with zero attached hydrogens (tertiary/aromatic N) is 1. The second-order valence-corrected chi connectivity index (χ2v) is 5.80. The molecule has 0 amide bonds. The standard InChI is InChI=1S/C16H20F3NO3/c1-20-7-5-13(6-8-20)23-15(22)14(10-21)11-3-2-4-12(9-11)16(17,18)19/h2-4,9,13-14,21H,5-8,10H2,1H3. The zero-order valence-corrected chi connectivity index (χ0v) is 12.8. The van der Waals surface area contributed by atoms with Crippen molar-refractivity contribution in [1.82, 2.24) is 4.90 Å². The van der Waals surface area contributed by atoms with Crippen LogP contribution in [-0.2, 0) is 15.7 Å². The van der Waals surface area contributed by atoms with Gasteiger partial charge < -0.3 is 14.7 Å². The maximum absolute atomic E-state index is 12.8. The number of alkyl halides is 3. The number of carbonyl (C=O) groups excluding carboxylic acids is 1. The van der Waals surface area contributed by atoms with E-state index >= 15 is 0 Å². The van der Waals surface area contributed by atoms with Crippen molar-refractivity contribution in [1.29, 1.82) is 0 Å². The molecule has 4 nitrogen and oxygen atoms in total. The molecule has 1 aromatic carbocycles. The molecule has 128 valence electrons. The molecule has 1 fully saturated rings. The number of esters is 1. The second-order valence-electron chi connectivity index (χ2n) is 5.80. The first-order valence-electron chi connectivity index (χ1n) is 7.48. The van der Waals surface area contributed by atoms with Gasteiger partial charge in [-0.1, -0.05) is 18.2 Å². The lowest BCUT2D eigenvalue weighted by atomic mass is 9.97. The summed E-state index contributed by atoms with van der Waals surface area (Å²) in [5, 5.41) is 9.42. The Morgan fingerprint density at radius 3 is 2.61 bits per heavy atom. The van der Waals surface area contributed by atoms with E-state index in [0.717, 1.165) is 25.2 Å². The molecule has 0 bridgehead atoms. The molecule has 7 heteroatoms. The van der Waals surface area contributed by atoms with Gasteiger partial charge in [0.2, 0.25) is 0 Å². The molecule has 23 heavy (non-hydrogen) atoms. The lowest BCUT2D eigenvalue weighted by Gasteiger charge is -2.29. The summed E-state index contributed by atoms with van der Waals surface area (Å²) in [6.07, 6.45) is -3.38. The van der Waals surface area contributed by atoms with Gasteiger partial charge in [-0.15, -0.1) is 0 Å². The van der Waals surface area contributed by atoms with Gasteiger partial charge in [-0.25, -0.2) is 0 Å². The number of ether oxygens (including phenoxy) is 1. The molecule has 0 aliphatic carbocycles. The van der Waals surface area contributed by atoms with E-state index in [0.29, 0.717) is 12.8 Å². The summed E-state index contributed by atoms with van der Waals surface area (Å²) in [4.78, 5) is 14.3. The number of benzene rings is 1. The molecule has 1 aliphatic heterocycles. The average Bonchev–Trinajstić information content (AvgIpc) is 2.50. The van der Waals surface area contributed by atoms with Gasteiger partial charge in [0.25, 0.3) is 0 Å². The average molecular weight is 331 g/mol. The fraction of sp³-hybridized carbons (Fsp3) is 0.562. The van der Waals surface area contributed by atoms with Gasteiger partial charge in [-0.2, -0.15) is 13.2 Å². The van der Waals surface area contributed by atoms with Crippen LogP contribution in [0.1, 0.15) is 29.9 Å². The van der Waals surface area contributed by atoms with Gasteiger partial charge >= 0.3 is 12.1 Å². The molecule has 1 unspecified atom stereocenters. The molecule has 0 spiro atoms. The molecular formula is C16H20F3NO3. The van der Waals surface area contributed by atoms with Crippen LogP contribution in [0.15, 0.2) is 24.3 Å². The third-order valence-corrected chi connectivity index (χ3v) is 4.03. The Labute approximate surface area is 132 Å². The molecule has 0 radical (unpaired) electrons. The van der Waals surface area contributed by atoms with Gasteiger partial charge in [0.1, 0.15) is 12.0 Å². The number of aliphatic hydroxyl groups excluding tert-OH is 1. The van der Waals surface area contributed by atoms with Gasteiger partial charge in [-0.05, 0) is 31.5 Å². The molecule has 1 heterocycles. The zero-order valence-electron chi connectivity index (χ0n) is 12.8. The summed E-state index contributed by atoms with van der Waals surface area (Å²) in [5.74, 6) is -1.78. The number of likely N-dealkylation sites (tertiary alicyclic amines) is 1. The van der Waals surface area contributed by atoms with Crippen LogP contribution in [0.25, 0.3) is 0 Å². The van der Waals surface area contributed by atoms with Crippen molar-refractivity contribution >= 4 is 5.97 Å². The molecule has 1 aromatic rings. The number of hydrogen-bond donors (Lipinski definition) is 1. The predicted molar refractivity (Wildman–Crippen MR) is 77.9 cm³/mol. The topological polar surface area (TPSA) is 49.8 Å². The van der Waals surface area contributed by atoms with Crippen LogP contribution >= 0.6 is 0 Å². The third kappa shape index (κ3) is 4.68. The molecular weight excluding hydrogens is 311 g/mol. The zero-order chi connectivity index (χ0) is 17.0. The van der Waals surface area contributed by atoms with E-state index < -0.39 is 30.2 Å². The number of rotatable bonds is 4. The number of hydrogen-bond acceptors (Lipinski definition) is 4. The van der Waals surface area contributed by atoms with E-state index in [2.05, 4.69) is 4.90 Å². The summed E-state index contributed by atoms with van der Waals surface area (Å²) >= 11 is 0. The van der Waals surface area contributed by atoms with Crippen LogP contribution in [0, 0.1) is 0 Å². The summed E-state index contributed by atoms with van der Waals surface area (Å²) in [7, 11) is 1.97. The Morgan fingerprint density at radius 2 is 2.04 bits per heavy atom. The molecule has 1 atom stereocenters. The first kappa shape index (κ1) is 17.7. The fourth-order valence-electron chi connectivity index (χ4n) is 2.60. The van der Waals surface area contributed by atoms with Crippen LogP contribution < -0.4 is 0 Å². The molecule has 0 saturated carbocycles. The summed E-state index contributed by atoms with van der Waals surface area (Å²) in [6, 6.07) is 4.44. The van der Waals surface area contributed by atoms with Gasteiger partial charge in [-0.3, -0.25) is 4.79 Å². The maximum atomic E-state index is 12.8. The van der Waals surface area contributed by atoms with Crippen molar-refractivity contribution in [3.8, 4) is 0 Å². The maximum Gasteiger partial charge on any atom is 0.416 e. The van der Waals surface area contributed by atoms with Crippen molar-refractivity contribution < 1.29 is 27.8 Å². The van der Waals surface area contributed by atoms with Crippen molar-refractivity contribution in [2.75, 3.05) is 26.7 Å². The minimum Gasteiger partial charge on any atom is -0.462 e. The van der Waals surface area contributed by atoms with Crippen LogP contribution in [0.4, 0.5) is 13.2 Å². The van der Waals surface area contributed by atoms with Crippen LogP contribution in [-0.4, -0.2) is 48.8 Å². The molecule has 1 aliphatic rings. The van der Waals surface area contributed by atoms with Crippen molar-refractivity contribution in [3.63, 3.8) is 0 Å². The number of piperidine rings is 1. The largest absolute Gasteiger partial charge is 0.462 e. The number of aliphatic hydroxyl groups is 1. The van der Waals surface area contributed by atoms with Crippen molar-refractivity contribution in [3.05, 3.63) is 35.4 Å². The highest BCUT2D eigenvalue weighted by molar-refractivity contribution is 5.78. The van der Waals surface area contributed by atoms with Crippen LogP contribution in [0.2, 0.25) is 0 Å². The number of carbonyl (C=O) groups is 1. The molecule has 2 rings (SSSR count). The monoisotopic (exact) mass is 331 g/mol. The van der Waals surface area contributed by atoms with E-state index in [1.54, 1.807) is 0 Å². The number of halogens is 3. The highest BCUT2D eigenvalue weighted by atomic mass is 19.4. The van der Waals surface area contributed by atoms with E-state index in [-0.39, 0.29) is 11.7 Å². The Bertz CT molecular complexity index is 540. The summed E-state index contributed by atoms with van der Waals surface area (Å²) in [5.41, 5.74) is -0.735. The lowest BCUT2D eigenvalue weighted by Crippen LogP contribution is -2.36. The Morgan fingerprint density at radius 1 is 1.39 bits per heavy atom. The smallest absolute Gasteiger partial charge is 0.416 e. The van der Waals surface area contributed by atoms with Gasteiger partial charge in [0.15, 0.2) is 0 Å². The van der Waals surface area contributed by atoms with E-state index in [1.807, 2.05) is 7.05 Å². The normalized spacial score (nSPS) is 18.7. The second kappa shape index (κ2) is 7.31. The van der Waals surface area contributed by atoms with Gasteiger partial charge in [0, 0.05) is 13.1 Å². The lowest BCUT2D eigenvalue weighted by molar-refractivity contribution is -0.154. The molecule has 1 N–H and O–H groups in total. The van der Waals surface area contributed by atoms with Crippen molar-refractivity contribution in [2.45, 2.75) is 31.0 Å². The van der Waals surface area contributed by atoms with Crippen LogP contribution in [0.5, 0.6) is 0 Å². The first-order chi connectivity index (χ1) is 10.8. The first-order valence-corrected chi connectivity index (χ1v) is 7.48. The van der Waals surface area contributed by atoms with E-state index in [1.165, 1.54) is 12.1 Å². The molecule has 0 aromatic heterocycles. The Kier molecular flexibility index (Phi) is 5.64. The summed E-state index contributed by atoms with van der Waals surface area (Å²) < 4.78 is 43.7. The quantitative estimate of drug-likeness (QED) is 0.861. The molecule has 1 saturated heterocycles. The highest BCUT2D eigenvalue weighted by Gasteiger charge is 2.32. The van der Waals surface area contributed by atoms with E-state index in [9.17, 15) is 23.1 Å². The third-order valence-electron chi connectivity index (χ3n) is 4.03. The predicted octanol–water partition coefficient (Wildman–Crippen LogP) is 2.42. The minimum atomic E-state index is -4.49. The minimum absolute atomic E-state index is 0.111. The Balaban J connectivity index is 2.08. The highest BCUT2D eigenvalue weighted by Crippen LogP contribution is 2.31. The summed E-state index contributed by atoms with van der Waals surface area (Å²) in [6.45, 7) is 1.00. The van der Waals surface area contributed by atoms with Crippen molar-refractivity contribution in [2.24, 2.45) is 0 Å². The SMILES string of the molecule is CN1CCC(OC(=O)C(CO)c2cccc(C(F)(F)F)c2)CC1. The van der Waals surface area contributed by atoms with Crippen LogP contribution in [0.3, 0.4) is 0 Å². The fourth-order valence-corrected chi connectivity index (χ4v) is 2.60.